The summed E-state index contributed by atoms with van der Waals surface area (Å²) >= 11 is 3.50. The van der Waals surface area contributed by atoms with E-state index in [0.717, 1.165) is 33.8 Å². The van der Waals surface area contributed by atoms with Crippen molar-refractivity contribution in [2.75, 3.05) is 17.3 Å². The zero-order valence-corrected chi connectivity index (χ0v) is 16.2. The van der Waals surface area contributed by atoms with Crippen molar-refractivity contribution >= 4 is 33.4 Å². The van der Waals surface area contributed by atoms with E-state index in [1.165, 1.54) is 5.56 Å². The van der Waals surface area contributed by atoms with Gasteiger partial charge in [-0.1, -0.05) is 46.3 Å². The minimum Gasteiger partial charge on any atom is -0.340 e. The lowest BCUT2D eigenvalue weighted by molar-refractivity contribution is 0.861. The summed E-state index contributed by atoms with van der Waals surface area (Å²) < 4.78 is 1.07. The summed E-state index contributed by atoms with van der Waals surface area (Å²) in [7, 11) is 2.01. The number of nitrogens with zero attached hydrogens (tertiary/aromatic N) is 3. The third kappa shape index (κ3) is 4.57. The van der Waals surface area contributed by atoms with Crippen LogP contribution in [0.15, 0.2) is 59.1 Å². The number of rotatable bonds is 5. The van der Waals surface area contributed by atoms with Gasteiger partial charge in [0, 0.05) is 35.5 Å². The van der Waals surface area contributed by atoms with Crippen molar-refractivity contribution < 1.29 is 0 Å². The number of benzene rings is 2. The van der Waals surface area contributed by atoms with Crippen LogP contribution in [0, 0.1) is 13.8 Å². The first kappa shape index (κ1) is 17.4. The van der Waals surface area contributed by atoms with Gasteiger partial charge in [0.05, 0.1) is 0 Å². The highest BCUT2D eigenvalue weighted by molar-refractivity contribution is 9.10. The first-order valence-electron chi connectivity index (χ1n) is 8.15. The highest BCUT2D eigenvalue weighted by atomic mass is 79.9. The molecule has 0 saturated carbocycles. The molecule has 4 nitrogen and oxygen atoms in total. The molecule has 1 heterocycles. The quantitative estimate of drug-likeness (QED) is 0.640. The van der Waals surface area contributed by atoms with Gasteiger partial charge in [0.25, 0.3) is 0 Å². The van der Waals surface area contributed by atoms with Gasteiger partial charge in [-0.3, -0.25) is 0 Å². The number of hydrogen-bond acceptors (Lipinski definition) is 4. The number of hydrogen-bond donors (Lipinski definition) is 1. The maximum atomic E-state index is 4.68. The van der Waals surface area contributed by atoms with Crippen molar-refractivity contribution in [1.82, 2.24) is 9.97 Å². The Kier molecular flexibility index (Phi) is 5.34. The third-order valence-electron chi connectivity index (χ3n) is 3.90. The average molecular weight is 397 g/mol. The second kappa shape index (κ2) is 7.66. The van der Waals surface area contributed by atoms with E-state index >= 15 is 0 Å². The molecule has 1 aromatic heterocycles. The number of aryl methyl sites for hydroxylation is 2. The Labute approximate surface area is 157 Å². The largest absolute Gasteiger partial charge is 0.340 e. The molecular weight excluding hydrogens is 376 g/mol. The van der Waals surface area contributed by atoms with Crippen LogP contribution in [0.3, 0.4) is 0 Å². The molecular formula is C20H21BrN4. The first-order chi connectivity index (χ1) is 12.0. The fraction of sp³-hybridized carbons (Fsp3) is 0.200. The van der Waals surface area contributed by atoms with Crippen molar-refractivity contribution in [2.45, 2.75) is 20.4 Å². The number of nitrogens with one attached hydrogen (secondary N) is 1. The van der Waals surface area contributed by atoms with Crippen molar-refractivity contribution in [3.8, 4) is 0 Å². The molecule has 0 unspecified atom stereocenters. The normalized spacial score (nSPS) is 10.6. The molecule has 3 aromatic rings. The van der Waals surface area contributed by atoms with Gasteiger partial charge in [-0.15, -0.1) is 0 Å². The molecule has 0 spiro atoms. The van der Waals surface area contributed by atoms with Crippen LogP contribution in [0.25, 0.3) is 0 Å². The van der Waals surface area contributed by atoms with Gasteiger partial charge in [-0.25, -0.2) is 4.98 Å². The van der Waals surface area contributed by atoms with Crippen LogP contribution in [0.1, 0.15) is 16.8 Å². The Bertz CT molecular complexity index is 865. The van der Waals surface area contributed by atoms with Crippen LogP contribution >= 0.6 is 15.9 Å². The van der Waals surface area contributed by atoms with Gasteiger partial charge in [0.1, 0.15) is 5.82 Å². The molecule has 0 aliphatic heterocycles. The molecule has 0 radical (unpaired) electrons. The third-order valence-corrected chi connectivity index (χ3v) is 4.39. The summed E-state index contributed by atoms with van der Waals surface area (Å²) in [6.07, 6.45) is 0. The molecule has 0 aliphatic carbocycles. The highest BCUT2D eigenvalue weighted by Gasteiger charge is 2.09. The number of anilines is 3. The summed E-state index contributed by atoms with van der Waals surface area (Å²) in [4.78, 5) is 11.3. The minimum atomic E-state index is 0.709. The zero-order chi connectivity index (χ0) is 17.8. The van der Waals surface area contributed by atoms with E-state index in [9.17, 15) is 0 Å². The lowest BCUT2D eigenvalue weighted by atomic mass is 10.2. The first-order valence-corrected chi connectivity index (χ1v) is 8.94. The standard InChI is InChI=1S/C20H21BrN4/c1-14-11-17(21)9-10-18(14)23-19-12-15(2)22-20(24-19)25(3)13-16-7-5-4-6-8-16/h4-12H,13H2,1-3H3,(H,22,23,24). The molecule has 25 heavy (non-hydrogen) atoms. The average Bonchev–Trinajstić information content (AvgIpc) is 2.58. The van der Waals surface area contributed by atoms with Gasteiger partial charge < -0.3 is 10.2 Å². The lowest BCUT2D eigenvalue weighted by Gasteiger charge is -2.19. The van der Waals surface area contributed by atoms with Crippen LogP contribution in [-0.2, 0) is 6.54 Å². The van der Waals surface area contributed by atoms with Gasteiger partial charge in [-0.05, 0) is 43.2 Å². The fourth-order valence-electron chi connectivity index (χ4n) is 2.62. The Hall–Kier alpha value is -2.40. The summed E-state index contributed by atoms with van der Waals surface area (Å²) in [5, 5.41) is 3.40. The molecule has 0 fully saturated rings. The molecule has 0 saturated heterocycles. The Morgan fingerprint density at radius 3 is 2.48 bits per heavy atom. The molecule has 0 bridgehead atoms. The predicted octanol–water partition coefficient (Wildman–Crippen LogP) is 5.24. The van der Waals surface area contributed by atoms with Gasteiger partial charge >= 0.3 is 0 Å². The van der Waals surface area contributed by atoms with Crippen LogP contribution in [-0.4, -0.2) is 17.0 Å². The summed E-state index contributed by atoms with van der Waals surface area (Å²) in [6.45, 7) is 4.83. The predicted molar refractivity (Wildman–Crippen MR) is 107 cm³/mol. The van der Waals surface area contributed by atoms with E-state index in [1.54, 1.807) is 0 Å². The molecule has 0 atom stereocenters. The van der Waals surface area contributed by atoms with E-state index in [4.69, 9.17) is 0 Å². The molecule has 3 rings (SSSR count). The Balaban J connectivity index is 1.82. The fourth-order valence-corrected chi connectivity index (χ4v) is 3.10. The maximum absolute atomic E-state index is 4.68. The SMILES string of the molecule is Cc1cc(Nc2ccc(Br)cc2C)nc(N(C)Cc2ccccc2)n1. The summed E-state index contributed by atoms with van der Waals surface area (Å²) in [5.41, 5.74) is 4.36. The van der Waals surface area contributed by atoms with E-state index in [0.29, 0.717) is 5.95 Å². The zero-order valence-electron chi connectivity index (χ0n) is 14.6. The highest BCUT2D eigenvalue weighted by Crippen LogP contribution is 2.24. The van der Waals surface area contributed by atoms with Crippen molar-refractivity contribution in [2.24, 2.45) is 0 Å². The molecule has 2 aromatic carbocycles. The van der Waals surface area contributed by atoms with Gasteiger partial charge in [-0.2, -0.15) is 4.98 Å². The number of aromatic nitrogens is 2. The lowest BCUT2D eigenvalue weighted by Crippen LogP contribution is -2.19. The van der Waals surface area contributed by atoms with Crippen LogP contribution in [0.4, 0.5) is 17.5 Å². The smallest absolute Gasteiger partial charge is 0.227 e. The Morgan fingerprint density at radius 1 is 1.00 bits per heavy atom. The second-order valence-electron chi connectivity index (χ2n) is 6.12. The van der Waals surface area contributed by atoms with Crippen LogP contribution in [0.2, 0.25) is 0 Å². The van der Waals surface area contributed by atoms with Crippen molar-refractivity contribution in [3.05, 3.63) is 75.9 Å². The van der Waals surface area contributed by atoms with Crippen LogP contribution in [0.5, 0.6) is 0 Å². The number of halogens is 1. The maximum Gasteiger partial charge on any atom is 0.227 e. The molecule has 0 amide bonds. The van der Waals surface area contributed by atoms with Crippen molar-refractivity contribution in [1.29, 1.82) is 0 Å². The van der Waals surface area contributed by atoms with Crippen LogP contribution < -0.4 is 10.2 Å². The summed E-state index contributed by atoms with van der Waals surface area (Å²) in [6, 6.07) is 18.4. The van der Waals surface area contributed by atoms with E-state index in [2.05, 4.69) is 61.2 Å². The molecule has 1 N–H and O–H groups in total. The van der Waals surface area contributed by atoms with E-state index in [1.807, 2.05) is 50.4 Å². The second-order valence-corrected chi connectivity index (χ2v) is 7.04. The summed E-state index contributed by atoms with van der Waals surface area (Å²) in [5.74, 6) is 1.51. The molecule has 0 aliphatic rings. The monoisotopic (exact) mass is 396 g/mol. The van der Waals surface area contributed by atoms with Gasteiger partial charge in [0.15, 0.2) is 0 Å². The topological polar surface area (TPSA) is 41.1 Å². The van der Waals surface area contributed by atoms with Gasteiger partial charge in [0.2, 0.25) is 5.95 Å². The van der Waals surface area contributed by atoms with Crippen molar-refractivity contribution in [3.63, 3.8) is 0 Å². The molecule has 5 heteroatoms. The molecule has 128 valence electrons. The Morgan fingerprint density at radius 2 is 1.76 bits per heavy atom. The van der Waals surface area contributed by atoms with E-state index in [-0.39, 0.29) is 0 Å². The minimum absolute atomic E-state index is 0.709. The van der Waals surface area contributed by atoms with E-state index < -0.39 is 0 Å².